The van der Waals surface area contributed by atoms with Crippen molar-refractivity contribution >= 4 is 0 Å². The van der Waals surface area contributed by atoms with Crippen molar-refractivity contribution in [2.24, 2.45) is 0 Å². The van der Waals surface area contributed by atoms with E-state index in [-0.39, 0.29) is 6.61 Å². The number of aliphatic hydroxyl groups excluding tert-OH is 2. The van der Waals surface area contributed by atoms with Gasteiger partial charge in [-0.05, 0) is 12.0 Å². The second-order valence-electron chi connectivity index (χ2n) is 2.12. The summed E-state index contributed by atoms with van der Waals surface area (Å²) in [6.45, 7) is 5.36. The molecule has 0 aromatic rings. The van der Waals surface area contributed by atoms with Crippen LogP contribution in [0.2, 0.25) is 0 Å². The largest absolute Gasteiger partial charge is 0.392 e. The summed E-state index contributed by atoms with van der Waals surface area (Å²) in [5, 5.41) is 17.5. The first-order chi connectivity index (χ1) is 4.22. The second-order valence-corrected chi connectivity index (χ2v) is 2.12. The molecule has 9 heavy (non-hydrogen) atoms. The highest BCUT2D eigenvalue weighted by Gasteiger charge is 2.04. The maximum Gasteiger partial charge on any atom is 0.0769 e. The van der Waals surface area contributed by atoms with Gasteiger partial charge in [-0.1, -0.05) is 19.9 Å². The molecule has 0 aromatic carbocycles. The summed E-state index contributed by atoms with van der Waals surface area (Å²) >= 11 is 0. The summed E-state index contributed by atoms with van der Waals surface area (Å²) in [5.41, 5.74) is 0.511. The van der Waals surface area contributed by atoms with E-state index in [2.05, 4.69) is 6.58 Å². The first-order valence-electron chi connectivity index (χ1n) is 3.19. The molecule has 0 fully saturated rings. The molecule has 54 valence electrons. The monoisotopic (exact) mass is 130 g/mol. The average molecular weight is 130 g/mol. The fourth-order valence-corrected chi connectivity index (χ4v) is 0.583. The summed E-state index contributed by atoms with van der Waals surface area (Å²) in [6.07, 6.45) is 1.10. The average Bonchev–Trinajstić information content (AvgIpc) is 1.87. The van der Waals surface area contributed by atoms with Gasteiger partial charge in [0.15, 0.2) is 0 Å². The van der Waals surface area contributed by atoms with Crippen LogP contribution < -0.4 is 0 Å². The maximum absolute atomic E-state index is 9.06. The number of aliphatic hydroxyl groups is 2. The fourth-order valence-electron chi connectivity index (χ4n) is 0.583. The molecular formula is C7H14O2. The van der Waals surface area contributed by atoms with Gasteiger partial charge >= 0.3 is 0 Å². The van der Waals surface area contributed by atoms with Crippen LogP contribution in [0.5, 0.6) is 0 Å². The highest BCUT2D eigenvalue weighted by Crippen LogP contribution is 2.04. The molecule has 0 rings (SSSR count). The number of hydrogen-bond donors (Lipinski definition) is 2. The topological polar surface area (TPSA) is 40.5 Å². The summed E-state index contributed by atoms with van der Waals surface area (Å²) in [6, 6.07) is 0. The van der Waals surface area contributed by atoms with Crippen molar-refractivity contribution in [2.75, 3.05) is 6.61 Å². The fraction of sp³-hybridized carbons (Fsp3) is 0.714. The van der Waals surface area contributed by atoms with Crippen molar-refractivity contribution in [2.45, 2.75) is 25.9 Å². The van der Waals surface area contributed by atoms with Crippen molar-refractivity contribution in [1.82, 2.24) is 0 Å². The lowest BCUT2D eigenvalue weighted by Gasteiger charge is -2.08. The minimum atomic E-state index is -0.514. The Morgan fingerprint density at radius 3 is 2.56 bits per heavy atom. The highest BCUT2D eigenvalue weighted by atomic mass is 16.3. The van der Waals surface area contributed by atoms with Gasteiger partial charge in [-0.3, -0.25) is 0 Å². The summed E-state index contributed by atoms with van der Waals surface area (Å²) < 4.78 is 0. The Morgan fingerprint density at radius 1 is 1.67 bits per heavy atom. The number of hydrogen-bond acceptors (Lipinski definition) is 2. The van der Waals surface area contributed by atoms with E-state index in [1.54, 1.807) is 0 Å². The summed E-state index contributed by atoms with van der Waals surface area (Å²) in [5.74, 6) is 0. The predicted molar refractivity (Wildman–Crippen MR) is 37.1 cm³/mol. The molecule has 0 amide bonds. The Kier molecular flexibility index (Phi) is 4.36. The lowest BCUT2D eigenvalue weighted by molar-refractivity contribution is 0.178. The number of rotatable bonds is 4. The molecule has 0 bridgehead atoms. The minimum absolute atomic E-state index is 0.110. The van der Waals surface area contributed by atoms with Crippen LogP contribution in [-0.2, 0) is 0 Å². The molecule has 1 atom stereocenters. The molecule has 0 spiro atoms. The van der Waals surface area contributed by atoms with E-state index in [1.165, 1.54) is 0 Å². The highest BCUT2D eigenvalue weighted by molar-refractivity contribution is 5.00. The van der Waals surface area contributed by atoms with Gasteiger partial charge in [-0.25, -0.2) is 0 Å². The van der Waals surface area contributed by atoms with E-state index in [0.717, 1.165) is 6.42 Å². The molecule has 0 aliphatic heterocycles. The smallest absolute Gasteiger partial charge is 0.0769 e. The molecule has 2 N–H and O–H groups in total. The van der Waals surface area contributed by atoms with Crippen LogP contribution >= 0.6 is 0 Å². The Bertz CT molecular complexity index is 88.9. The van der Waals surface area contributed by atoms with Crippen LogP contribution in [-0.4, -0.2) is 22.9 Å². The van der Waals surface area contributed by atoms with E-state index < -0.39 is 6.10 Å². The molecule has 0 radical (unpaired) electrons. The zero-order chi connectivity index (χ0) is 7.28. The molecule has 0 saturated heterocycles. The van der Waals surface area contributed by atoms with Crippen molar-refractivity contribution < 1.29 is 10.2 Å². The predicted octanol–water partition coefficient (Wildman–Crippen LogP) is 0.696. The third-order valence-corrected chi connectivity index (χ3v) is 1.24. The first kappa shape index (κ1) is 8.66. The molecule has 2 nitrogen and oxygen atoms in total. The van der Waals surface area contributed by atoms with E-state index >= 15 is 0 Å². The molecule has 0 saturated carbocycles. The van der Waals surface area contributed by atoms with Crippen LogP contribution in [0.15, 0.2) is 12.2 Å². The van der Waals surface area contributed by atoms with Crippen LogP contribution in [0.1, 0.15) is 19.8 Å². The van der Waals surface area contributed by atoms with E-state index in [4.69, 9.17) is 10.2 Å². The quantitative estimate of drug-likeness (QED) is 0.550. The van der Waals surface area contributed by atoms with Crippen LogP contribution in [0, 0.1) is 0 Å². The van der Waals surface area contributed by atoms with Gasteiger partial charge in [-0.2, -0.15) is 0 Å². The van der Waals surface area contributed by atoms with Crippen molar-refractivity contribution in [3.63, 3.8) is 0 Å². The Hall–Kier alpha value is -0.340. The zero-order valence-electron chi connectivity index (χ0n) is 5.80. The molecule has 2 heteroatoms. The normalized spacial score (nSPS) is 13.2. The molecule has 0 aromatic heterocycles. The van der Waals surface area contributed by atoms with E-state index in [9.17, 15) is 0 Å². The molecular weight excluding hydrogens is 116 g/mol. The van der Waals surface area contributed by atoms with Gasteiger partial charge < -0.3 is 10.2 Å². The second kappa shape index (κ2) is 4.53. The maximum atomic E-state index is 9.06. The van der Waals surface area contributed by atoms with E-state index in [1.807, 2.05) is 6.92 Å². The minimum Gasteiger partial charge on any atom is -0.392 e. The van der Waals surface area contributed by atoms with E-state index in [0.29, 0.717) is 12.0 Å². The molecule has 1 unspecified atom stereocenters. The molecule has 0 heterocycles. The first-order valence-corrected chi connectivity index (χ1v) is 3.19. The van der Waals surface area contributed by atoms with Crippen molar-refractivity contribution in [3.05, 3.63) is 12.2 Å². The SMILES string of the molecule is C=C(CO)C(O)CCC. The molecule has 0 aliphatic carbocycles. The van der Waals surface area contributed by atoms with Gasteiger partial charge in [0.25, 0.3) is 0 Å². The van der Waals surface area contributed by atoms with Crippen LogP contribution in [0.3, 0.4) is 0 Å². The third kappa shape index (κ3) is 3.27. The Balaban J connectivity index is 3.45. The molecule has 0 aliphatic rings. The zero-order valence-corrected chi connectivity index (χ0v) is 5.80. The van der Waals surface area contributed by atoms with Crippen molar-refractivity contribution in [3.8, 4) is 0 Å². The standard InChI is InChI=1S/C7H14O2/c1-3-4-7(9)6(2)5-8/h7-9H,2-5H2,1H3. The summed E-state index contributed by atoms with van der Waals surface area (Å²) in [4.78, 5) is 0. The van der Waals surface area contributed by atoms with Gasteiger partial charge in [0.05, 0.1) is 12.7 Å². The van der Waals surface area contributed by atoms with Gasteiger partial charge in [0.1, 0.15) is 0 Å². The lowest BCUT2D eigenvalue weighted by atomic mass is 10.1. The van der Waals surface area contributed by atoms with Crippen LogP contribution in [0.25, 0.3) is 0 Å². The lowest BCUT2D eigenvalue weighted by Crippen LogP contribution is -2.11. The van der Waals surface area contributed by atoms with Crippen molar-refractivity contribution in [1.29, 1.82) is 0 Å². The Morgan fingerprint density at radius 2 is 2.22 bits per heavy atom. The van der Waals surface area contributed by atoms with Gasteiger partial charge in [0, 0.05) is 0 Å². The van der Waals surface area contributed by atoms with Gasteiger partial charge in [0.2, 0.25) is 0 Å². The Labute approximate surface area is 55.8 Å². The third-order valence-electron chi connectivity index (χ3n) is 1.24. The summed E-state index contributed by atoms with van der Waals surface area (Å²) in [7, 11) is 0. The van der Waals surface area contributed by atoms with Crippen LogP contribution in [0.4, 0.5) is 0 Å². The van der Waals surface area contributed by atoms with Gasteiger partial charge in [-0.15, -0.1) is 0 Å².